The monoisotopic (exact) mass is 260 g/mol. The van der Waals surface area contributed by atoms with Gasteiger partial charge in [0.15, 0.2) is 5.78 Å². The van der Waals surface area contributed by atoms with E-state index in [0.29, 0.717) is 12.0 Å². The predicted octanol–water partition coefficient (Wildman–Crippen LogP) is 2.86. The maximum absolute atomic E-state index is 13.2. The van der Waals surface area contributed by atoms with Crippen LogP contribution < -0.4 is 0 Å². The second-order valence-corrected chi connectivity index (χ2v) is 4.69. The number of halogens is 1. The highest BCUT2D eigenvalue weighted by molar-refractivity contribution is 5.98. The summed E-state index contributed by atoms with van der Waals surface area (Å²) >= 11 is 0. The summed E-state index contributed by atoms with van der Waals surface area (Å²) in [6, 6.07) is 4.53. The predicted molar refractivity (Wildman–Crippen MR) is 71.8 cm³/mol. The first kappa shape index (κ1) is 13.5. The Hall–Kier alpha value is -1.97. The van der Waals surface area contributed by atoms with Gasteiger partial charge in [0.05, 0.1) is 11.3 Å². The van der Waals surface area contributed by atoms with E-state index in [1.165, 1.54) is 12.1 Å². The van der Waals surface area contributed by atoms with E-state index in [0.717, 1.165) is 16.8 Å². The fourth-order valence-electron chi connectivity index (χ4n) is 2.13. The zero-order valence-corrected chi connectivity index (χ0v) is 11.4. The van der Waals surface area contributed by atoms with Crippen molar-refractivity contribution in [3.05, 3.63) is 52.6 Å². The molecule has 0 aliphatic heterocycles. The third kappa shape index (κ3) is 2.89. The van der Waals surface area contributed by atoms with Gasteiger partial charge in [-0.25, -0.2) is 4.39 Å². The molecule has 2 rings (SSSR count). The van der Waals surface area contributed by atoms with Gasteiger partial charge in [-0.3, -0.25) is 9.48 Å². The zero-order valence-electron chi connectivity index (χ0n) is 11.4. The van der Waals surface area contributed by atoms with E-state index in [2.05, 4.69) is 5.10 Å². The van der Waals surface area contributed by atoms with Crippen LogP contribution in [-0.4, -0.2) is 15.6 Å². The van der Waals surface area contributed by atoms with Crippen molar-refractivity contribution >= 4 is 5.78 Å². The molecule has 19 heavy (non-hydrogen) atoms. The van der Waals surface area contributed by atoms with E-state index in [4.69, 9.17) is 0 Å². The van der Waals surface area contributed by atoms with Gasteiger partial charge in [0.2, 0.25) is 0 Å². The third-order valence-corrected chi connectivity index (χ3v) is 3.20. The molecule has 0 amide bonds. The summed E-state index contributed by atoms with van der Waals surface area (Å²) in [6.45, 7) is 3.85. The smallest absolute Gasteiger partial charge is 0.170 e. The van der Waals surface area contributed by atoms with Gasteiger partial charge in [-0.05, 0) is 36.6 Å². The Kier molecular flexibility index (Phi) is 3.79. The minimum atomic E-state index is -0.310. The largest absolute Gasteiger partial charge is 0.294 e. The molecule has 0 N–H and O–H groups in total. The molecule has 0 aliphatic carbocycles. The first-order valence-electron chi connectivity index (χ1n) is 6.32. The topological polar surface area (TPSA) is 34.9 Å². The Morgan fingerprint density at radius 3 is 2.84 bits per heavy atom. The summed E-state index contributed by atoms with van der Waals surface area (Å²) in [5.74, 6) is -0.325. The average Bonchev–Trinajstić information content (AvgIpc) is 2.75. The number of nitrogens with zero attached hydrogens (tertiary/aromatic N) is 2. The first-order valence-corrected chi connectivity index (χ1v) is 6.32. The lowest BCUT2D eigenvalue weighted by Gasteiger charge is -2.05. The summed E-state index contributed by atoms with van der Waals surface area (Å²) in [5, 5.41) is 4.25. The molecule has 0 spiro atoms. The molecule has 0 saturated carbocycles. The number of aromatic nitrogens is 2. The second-order valence-electron chi connectivity index (χ2n) is 4.69. The van der Waals surface area contributed by atoms with E-state index in [1.54, 1.807) is 24.0 Å². The van der Waals surface area contributed by atoms with Crippen LogP contribution in [0.1, 0.15) is 34.1 Å². The van der Waals surface area contributed by atoms with Gasteiger partial charge >= 0.3 is 0 Å². The standard InChI is InChI=1S/C15H17FN2O/c1-4-14-13(9-18(3)17-14)15(19)8-11-7-12(16)6-5-10(11)2/h5-7,9H,4,8H2,1-3H3. The molecule has 0 saturated heterocycles. The van der Waals surface area contributed by atoms with Crippen LogP contribution in [-0.2, 0) is 19.9 Å². The molecule has 0 unspecified atom stereocenters. The van der Waals surface area contributed by atoms with E-state index < -0.39 is 0 Å². The van der Waals surface area contributed by atoms with Crippen molar-refractivity contribution in [2.24, 2.45) is 7.05 Å². The number of aryl methyl sites for hydroxylation is 3. The Balaban J connectivity index is 2.27. The van der Waals surface area contributed by atoms with Crippen molar-refractivity contribution in [2.75, 3.05) is 0 Å². The highest BCUT2D eigenvalue weighted by atomic mass is 19.1. The molecule has 1 aromatic heterocycles. The Morgan fingerprint density at radius 2 is 2.16 bits per heavy atom. The summed E-state index contributed by atoms with van der Waals surface area (Å²) < 4.78 is 14.9. The van der Waals surface area contributed by atoms with Crippen LogP contribution in [0.4, 0.5) is 4.39 Å². The van der Waals surface area contributed by atoms with Crippen molar-refractivity contribution in [1.29, 1.82) is 0 Å². The molecule has 0 atom stereocenters. The number of rotatable bonds is 4. The summed E-state index contributed by atoms with van der Waals surface area (Å²) in [4.78, 5) is 12.3. The summed E-state index contributed by atoms with van der Waals surface area (Å²) in [6.07, 6.45) is 2.65. The molecule has 2 aromatic rings. The number of Topliss-reactive ketones (excluding diaryl/α,β-unsaturated/α-hetero) is 1. The highest BCUT2D eigenvalue weighted by Crippen LogP contribution is 2.16. The lowest BCUT2D eigenvalue weighted by Crippen LogP contribution is -2.07. The van der Waals surface area contributed by atoms with Crippen molar-refractivity contribution in [2.45, 2.75) is 26.7 Å². The lowest BCUT2D eigenvalue weighted by molar-refractivity contribution is 0.0992. The van der Waals surface area contributed by atoms with Gasteiger partial charge < -0.3 is 0 Å². The normalized spacial score (nSPS) is 10.7. The fourth-order valence-corrected chi connectivity index (χ4v) is 2.13. The molecule has 0 radical (unpaired) electrons. The van der Waals surface area contributed by atoms with Crippen LogP contribution in [0.3, 0.4) is 0 Å². The number of hydrogen-bond donors (Lipinski definition) is 0. The number of carbonyl (C=O) groups is 1. The summed E-state index contributed by atoms with van der Waals surface area (Å²) in [5.41, 5.74) is 3.09. The van der Waals surface area contributed by atoms with Gasteiger partial charge in [-0.2, -0.15) is 5.10 Å². The van der Waals surface area contributed by atoms with Gasteiger partial charge in [-0.15, -0.1) is 0 Å². The van der Waals surface area contributed by atoms with E-state index >= 15 is 0 Å². The zero-order chi connectivity index (χ0) is 14.0. The van der Waals surface area contributed by atoms with Crippen molar-refractivity contribution < 1.29 is 9.18 Å². The Labute approximate surface area is 112 Å². The molecule has 3 nitrogen and oxygen atoms in total. The Bertz CT molecular complexity index is 617. The van der Waals surface area contributed by atoms with Gasteiger partial charge in [0, 0.05) is 19.7 Å². The molecular formula is C15H17FN2O. The molecule has 0 aliphatic rings. The minimum absolute atomic E-state index is 0.0151. The first-order chi connectivity index (χ1) is 9.01. The lowest BCUT2D eigenvalue weighted by atomic mass is 9.99. The molecule has 1 aromatic carbocycles. The minimum Gasteiger partial charge on any atom is -0.294 e. The third-order valence-electron chi connectivity index (χ3n) is 3.20. The van der Waals surface area contributed by atoms with Crippen LogP contribution in [0, 0.1) is 12.7 Å². The van der Waals surface area contributed by atoms with Crippen LogP contribution in [0.25, 0.3) is 0 Å². The highest BCUT2D eigenvalue weighted by Gasteiger charge is 2.15. The Morgan fingerprint density at radius 1 is 1.42 bits per heavy atom. The van der Waals surface area contributed by atoms with Crippen molar-refractivity contribution in [3.8, 4) is 0 Å². The quantitative estimate of drug-likeness (QED) is 0.792. The molecular weight excluding hydrogens is 243 g/mol. The van der Waals surface area contributed by atoms with E-state index in [9.17, 15) is 9.18 Å². The van der Waals surface area contributed by atoms with E-state index in [1.807, 2.05) is 13.8 Å². The number of ketones is 1. The van der Waals surface area contributed by atoms with Crippen LogP contribution in [0.5, 0.6) is 0 Å². The maximum Gasteiger partial charge on any atom is 0.170 e. The van der Waals surface area contributed by atoms with Gasteiger partial charge in [0.25, 0.3) is 0 Å². The van der Waals surface area contributed by atoms with E-state index in [-0.39, 0.29) is 18.0 Å². The number of benzene rings is 1. The van der Waals surface area contributed by atoms with Gasteiger partial charge in [-0.1, -0.05) is 13.0 Å². The average molecular weight is 260 g/mol. The maximum atomic E-state index is 13.2. The molecule has 4 heteroatoms. The van der Waals surface area contributed by atoms with Crippen LogP contribution in [0.2, 0.25) is 0 Å². The summed E-state index contributed by atoms with van der Waals surface area (Å²) in [7, 11) is 1.80. The molecule has 0 bridgehead atoms. The number of carbonyl (C=O) groups excluding carboxylic acids is 1. The van der Waals surface area contributed by atoms with Gasteiger partial charge in [0.1, 0.15) is 5.82 Å². The van der Waals surface area contributed by atoms with Crippen molar-refractivity contribution in [1.82, 2.24) is 9.78 Å². The van der Waals surface area contributed by atoms with Crippen LogP contribution >= 0.6 is 0 Å². The number of hydrogen-bond acceptors (Lipinski definition) is 2. The molecule has 1 heterocycles. The molecule has 100 valence electrons. The SMILES string of the molecule is CCc1nn(C)cc1C(=O)Cc1cc(F)ccc1C. The van der Waals surface area contributed by atoms with Crippen molar-refractivity contribution in [3.63, 3.8) is 0 Å². The fraction of sp³-hybridized carbons (Fsp3) is 0.333. The molecule has 0 fully saturated rings. The second kappa shape index (κ2) is 5.34. The van der Waals surface area contributed by atoms with Crippen LogP contribution in [0.15, 0.2) is 24.4 Å².